The Hall–Kier alpha value is -1.22. The highest BCUT2D eigenvalue weighted by atomic mass is 35.5. The van der Waals surface area contributed by atoms with Crippen LogP contribution in [0.1, 0.15) is 36.5 Å². The summed E-state index contributed by atoms with van der Waals surface area (Å²) in [5.41, 5.74) is 3.30. The van der Waals surface area contributed by atoms with Crippen LogP contribution in [0.5, 0.6) is 5.75 Å². The molecule has 0 aromatic heterocycles. The third-order valence-corrected chi connectivity index (χ3v) is 4.85. The van der Waals surface area contributed by atoms with Crippen LogP contribution >= 0.6 is 11.6 Å². The van der Waals surface area contributed by atoms with Gasteiger partial charge in [0.15, 0.2) is 0 Å². The zero-order valence-corrected chi connectivity index (χ0v) is 13.9. The molecule has 116 valence electrons. The van der Waals surface area contributed by atoms with Gasteiger partial charge in [0.1, 0.15) is 5.75 Å². The number of hydrogen-bond donors (Lipinski definition) is 0. The normalized spacial score (nSPS) is 20.2. The minimum absolute atomic E-state index is 0.0799. The van der Waals surface area contributed by atoms with Crippen LogP contribution in [0.2, 0.25) is 5.02 Å². The van der Waals surface area contributed by atoms with Crippen molar-refractivity contribution in [3.63, 3.8) is 0 Å². The second-order valence-electron chi connectivity index (χ2n) is 5.71. The molecule has 1 aromatic carbocycles. The minimum atomic E-state index is -0.0799. The molecule has 1 aromatic rings. The van der Waals surface area contributed by atoms with Gasteiger partial charge in [-0.3, -0.25) is 4.79 Å². The fourth-order valence-corrected chi connectivity index (χ4v) is 3.06. The molecule has 0 spiro atoms. The largest absolute Gasteiger partial charge is 0.494 e. The van der Waals surface area contributed by atoms with E-state index in [1.165, 1.54) is 12.7 Å². The van der Waals surface area contributed by atoms with Gasteiger partial charge >= 0.3 is 5.97 Å². The van der Waals surface area contributed by atoms with Crippen LogP contribution in [0.25, 0.3) is 0 Å². The molecule has 2 rings (SSSR count). The van der Waals surface area contributed by atoms with Gasteiger partial charge in [-0.1, -0.05) is 11.6 Å². The van der Waals surface area contributed by atoms with Gasteiger partial charge in [-0.15, -0.1) is 0 Å². The van der Waals surface area contributed by atoms with E-state index in [0.717, 1.165) is 41.2 Å². The summed E-state index contributed by atoms with van der Waals surface area (Å²) in [7, 11) is 1.45. The minimum Gasteiger partial charge on any atom is -0.494 e. The first kappa shape index (κ1) is 16.2. The maximum Gasteiger partial charge on any atom is 0.308 e. The number of halogens is 1. The van der Waals surface area contributed by atoms with Crippen molar-refractivity contribution in [3.8, 4) is 5.75 Å². The van der Waals surface area contributed by atoms with E-state index >= 15 is 0 Å². The molecule has 2 atom stereocenters. The summed E-state index contributed by atoms with van der Waals surface area (Å²) >= 11 is 6.36. The van der Waals surface area contributed by atoms with Crippen molar-refractivity contribution in [1.29, 1.82) is 0 Å². The molecule has 0 aliphatic heterocycles. The molecule has 0 amide bonds. The summed E-state index contributed by atoms with van der Waals surface area (Å²) < 4.78 is 10.5. The molecule has 0 heterocycles. The van der Waals surface area contributed by atoms with Crippen molar-refractivity contribution in [2.24, 2.45) is 11.8 Å². The zero-order valence-electron chi connectivity index (χ0n) is 13.2. The Morgan fingerprint density at radius 2 is 2.14 bits per heavy atom. The summed E-state index contributed by atoms with van der Waals surface area (Å²) in [5, 5.41) is 0.814. The number of ether oxygens (including phenoxy) is 2. The number of carbonyl (C=O) groups excluding carboxylic acids is 1. The lowest BCUT2D eigenvalue weighted by Gasteiger charge is -2.16. The van der Waals surface area contributed by atoms with Crippen LogP contribution in [-0.4, -0.2) is 19.7 Å². The average Bonchev–Trinajstić information content (AvgIpc) is 3.23. The van der Waals surface area contributed by atoms with Gasteiger partial charge in [-0.05, 0) is 68.7 Å². The highest BCUT2D eigenvalue weighted by Gasteiger charge is 2.43. The molecular formula is C17H23ClO3. The smallest absolute Gasteiger partial charge is 0.308 e. The summed E-state index contributed by atoms with van der Waals surface area (Å²) in [6.07, 6.45) is 2.80. The second kappa shape index (κ2) is 6.69. The lowest BCUT2D eigenvalue weighted by molar-refractivity contribution is -0.142. The van der Waals surface area contributed by atoms with Crippen molar-refractivity contribution in [2.45, 2.75) is 40.0 Å². The highest BCUT2D eigenvalue weighted by molar-refractivity contribution is 6.32. The molecule has 0 saturated heterocycles. The number of methoxy groups -OCH3 is 1. The Labute approximate surface area is 131 Å². The lowest BCUT2D eigenvalue weighted by Crippen LogP contribution is -2.06. The van der Waals surface area contributed by atoms with E-state index in [4.69, 9.17) is 21.1 Å². The van der Waals surface area contributed by atoms with Gasteiger partial charge in [0.2, 0.25) is 0 Å². The number of carbonyl (C=O) groups is 1. The summed E-state index contributed by atoms with van der Waals surface area (Å²) in [5.74, 6) is 1.37. The van der Waals surface area contributed by atoms with Crippen molar-refractivity contribution in [1.82, 2.24) is 0 Å². The molecule has 3 nitrogen and oxygen atoms in total. The highest BCUT2D eigenvalue weighted by Crippen LogP contribution is 2.44. The molecule has 4 heteroatoms. The van der Waals surface area contributed by atoms with Gasteiger partial charge in [0, 0.05) is 5.02 Å². The molecule has 1 fully saturated rings. The van der Waals surface area contributed by atoms with Gasteiger partial charge in [-0.2, -0.15) is 0 Å². The number of benzene rings is 1. The Balaban J connectivity index is 2.09. The Morgan fingerprint density at radius 1 is 1.43 bits per heavy atom. The Kier molecular flexibility index (Phi) is 5.15. The predicted molar refractivity (Wildman–Crippen MR) is 84.0 cm³/mol. The standard InChI is InChI=1S/C17H23ClO3/c1-5-21-15-8-10(2)16(18)11(3)13(15)7-6-12-9-14(12)17(19)20-4/h8,12,14H,5-7,9H2,1-4H3. The summed E-state index contributed by atoms with van der Waals surface area (Å²) in [6.45, 7) is 6.66. The van der Waals surface area contributed by atoms with E-state index in [9.17, 15) is 4.79 Å². The van der Waals surface area contributed by atoms with Crippen LogP contribution in [0.15, 0.2) is 6.07 Å². The molecule has 1 saturated carbocycles. The van der Waals surface area contributed by atoms with E-state index < -0.39 is 0 Å². The first-order valence-electron chi connectivity index (χ1n) is 7.48. The van der Waals surface area contributed by atoms with E-state index in [1.807, 2.05) is 26.8 Å². The van der Waals surface area contributed by atoms with Gasteiger partial charge in [0.25, 0.3) is 0 Å². The zero-order chi connectivity index (χ0) is 15.6. The van der Waals surface area contributed by atoms with E-state index in [0.29, 0.717) is 12.5 Å². The van der Waals surface area contributed by atoms with Gasteiger partial charge in [-0.25, -0.2) is 0 Å². The van der Waals surface area contributed by atoms with Crippen molar-refractivity contribution < 1.29 is 14.3 Å². The number of esters is 1. The van der Waals surface area contributed by atoms with E-state index in [-0.39, 0.29) is 11.9 Å². The van der Waals surface area contributed by atoms with Crippen LogP contribution < -0.4 is 4.74 Å². The number of hydrogen-bond acceptors (Lipinski definition) is 3. The molecule has 0 radical (unpaired) electrons. The molecule has 1 aliphatic rings. The van der Waals surface area contributed by atoms with Crippen LogP contribution in [0, 0.1) is 25.7 Å². The average molecular weight is 311 g/mol. The monoisotopic (exact) mass is 310 g/mol. The first-order valence-corrected chi connectivity index (χ1v) is 7.86. The molecule has 0 N–H and O–H groups in total. The fourth-order valence-electron chi connectivity index (χ4n) is 2.89. The van der Waals surface area contributed by atoms with Crippen molar-refractivity contribution in [3.05, 3.63) is 27.8 Å². The van der Waals surface area contributed by atoms with E-state index in [2.05, 4.69) is 0 Å². The van der Waals surface area contributed by atoms with Gasteiger partial charge in [0.05, 0.1) is 19.6 Å². The molecular weight excluding hydrogens is 288 g/mol. The topological polar surface area (TPSA) is 35.5 Å². The molecule has 1 aliphatic carbocycles. The van der Waals surface area contributed by atoms with Crippen molar-refractivity contribution in [2.75, 3.05) is 13.7 Å². The summed E-state index contributed by atoms with van der Waals surface area (Å²) in [6, 6.07) is 2.01. The third kappa shape index (κ3) is 3.52. The lowest BCUT2D eigenvalue weighted by atomic mass is 9.98. The number of rotatable bonds is 6. The maximum absolute atomic E-state index is 11.5. The quantitative estimate of drug-likeness (QED) is 0.742. The number of aryl methyl sites for hydroxylation is 1. The first-order chi connectivity index (χ1) is 9.99. The SMILES string of the molecule is CCOc1cc(C)c(Cl)c(C)c1CCC1CC1C(=O)OC. The Morgan fingerprint density at radius 3 is 2.76 bits per heavy atom. The fraction of sp³-hybridized carbons (Fsp3) is 0.588. The molecule has 21 heavy (non-hydrogen) atoms. The maximum atomic E-state index is 11.5. The van der Waals surface area contributed by atoms with Crippen LogP contribution in [-0.2, 0) is 16.0 Å². The predicted octanol–water partition coefficient (Wildman–Crippen LogP) is 4.10. The second-order valence-corrected chi connectivity index (χ2v) is 6.08. The molecule has 2 unspecified atom stereocenters. The van der Waals surface area contributed by atoms with E-state index in [1.54, 1.807) is 0 Å². The Bertz CT molecular complexity index is 539. The van der Waals surface area contributed by atoms with Crippen LogP contribution in [0.3, 0.4) is 0 Å². The molecule has 0 bridgehead atoms. The van der Waals surface area contributed by atoms with Crippen LogP contribution in [0.4, 0.5) is 0 Å². The van der Waals surface area contributed by atoms with Crippen molar-refractivity contribution >= 4 is 17.6 Å². The summed E-state index contributed by atoms with van der Waals surface area (Å²) in [4.78, 5) is 11.5. The third-order valence-electron chi connectivity index (χ3n) is 4.26. The van der Waals surface area contributed by atoms with Gasteiger partial charge < -0.3 is 9.47 Å².